The fourth-order valence-corrected chi connectivity index (χ4v) is 0.995. The van der Waals surface area contributed by atoms with Gasteiger partial charge >= 0.3 is 0 Å². The Morgan fingerprint density at radius 3 is 2.60 bits per heavy atom. The van der Waals surface area contributed by atoms with Crippen LogP contribution in [0.1, 0.15) is 0 Å². The van der Waals surface area contributed by atoms with Gasteiger partial charge in [-0.1, -0.05) is 18.2 Å². The van der Waals surface area contributed by atoms with Crippen LogP contribution in [-0.4, -0.2) is 4.98 Å². The molecule has 0 unspecified atom stereocenters. The number of hydrogen-bond donors (Lipinski definition) is 1. The molecule has 2 aromatic rings. The van der Waals surface area contributed by atoms with Gasteiger partial charge in [-0.05, 0) is 17.5 Å². The van der Waals surface area contributed by atoms with E-state index in [4.69, 9.17) is 0 Å². The summed E-state index contributed by atoms with van der Waals surface area (Å²) in [5.41, 5.74) is 1.21. The first kappa shape index (κ1) is 7.58. The van der Waals surface area contributed by atoms with E-state index in [9.17, 15) is 0 Å². The van der Waals surface area contributed by atoms with Crippen molar-refractivity contribution < 1.29 is 21.7 Å². The third-order valence-corrected chi connectivity index (χ3v) is 1.46. The van der Waals surface area contributed by atoms with Gasteiger partial charge in [0.25, 0.3) is 0 Å². The third-order valence-electron chi connectivity index (χ3n) is 1.46. The molecule has 0 fully saturated rings. The van der Waals surface area contributed by atoms with Crippen molar-refractivity contribution in [3.05, 3.63) is 36.5 Å². The summed E-state index contributed by atoms with van der Waals surface area (Å²) < 4.78 is 0. The van der Waals surface area contributed by atoms with E-state index in [-0.39, 0.29) is 21.7 Å². The van der Waals surface area contributed by atoms with Gasteiger partial charge in [-0.3, -0.25) is 0 Å². The molecule has 0 atom stereocenters. The standard InChI is InChI=1S/C8H7N.Ti/c1-2-4-8-7(3-1)5-6-9-8;/h1-6,9H;. The Hall–Kier alpha value is -0.526. The minimum absolute atomic E-state index is 0. The molecule has 0 aliphatic heterocycles. The van der Waals surface area contributed by atoms with Crippen LogP contribution in [0.2, 0.25) is 0 Å². The summed E-state index contributed by atoms with van der Waals surface area (Å²) in [5.74, 6) is 0. The summed E-state index contributed by atoms with van der Waals surface area (Å²) in [7, 11) is 0. The van der Waals surface area contributed by atoms with Gasteiger partial charge in [-0.15, -0.1) is 0 Å². The van der Waals surface area contributed by atoms with E-state index in [1.165, 1.54) is 10.9 Å². The maximum atomic E-state index is 3.12. The van der Waals surface area contributed by atoms with Crippen LogP contribution >= 0.6 is 0 Å². The first-order chi connectivity index (χ1) is 4.47. The monoisotopic (exact) mass is 165 g/mol. The number of H-pyrrole nitrogens is 1. The van der Waals surface area contributed by atoms with Gasteiger partial charge < -0.3 is 4.98 Å². The summed E-state index contributed by atoms with van der Waals surface area (Å²) in [6, 6.07) is 10.3. The molecule has 1 aromatic carbocycles. The van der Waals surface area contributed by atoms with Crippen molar-refractivity contribution in [3.63, 3.8) is 0 Å². The van der Waals surface area contributed by atoms with E-state index in [0.29, 0.717) is 0 Å². The number of fused-ring (bicyclic) bond motifs is 1. The fraction of sp³-hybridized carbons (Fsp3) is 0. The van der Waals surface area contributed by atoms with Crippen LogP contribution in [0.5, 0.6) is 0 Å². The zero-order valence-electron chi connectivity index (χ0n) is 5.46. The quantitative estimate of drug-likeness (QED) is 0.575. The molecular formula is C8H7NTi. The number of para-hydroxylation sites is 1. The van der Waals surface area contributed by atoms with Crippen molar-refractivity contribution >= 4 is 10.9 Å². The number of rotatable bonds is 0. The van der Waals surface area contributed by atoms with Crippen molar-refractivity contribution in [3.8, 4) is 0 Å². The van der Waals surface area contributed by atoms with Gasteiger partial charge in [-0.2, -0.15) is 0 Å². The Labute approximate surface area is 74.3 Å². The summed E-state index contributed by atoms with van der Waals surface area (Å²) >= 11 is 0. The topological polar surface area (TPSA) is 15.8 Å². The predicted molar refractivity (Wildman–Crippen MR) is 38.3 cm³/mol. The number of aromatic nitrogens is 1. The molecule has 2 heteroatoms. The molecule has 0 saturated carbocycles. The normalized spacial score (nSPS) is 9.20. The van der Waals surface area contributed by atoms with E-state index < -0.39 is 0 Å². The average Bonchev–Trinajstić information content (AvgIpc) is 2.33. The summed E-state index contributed by atoms with van der Waals surface area (Å²) in [4.78, 5) is 3.12. The molecule has 10 heavy (non-hydrogen) atoms. The second-order valence-electron chi connectivity index (χ2n) is 2.06. The van der Waals surface area contributed by atoms with E-state index in [0.717, 1.165) is 0 Å². The SMILES string of the molecule is [Ti].c1ccc2[nH]ccc2c1. The van der Waals surface area contributed by atoms with Crippen molar-refractivity contribution in [1.29, 1.82) is 0 Å². The minimum atomic E-state index is 0. The molecule has 48 valence electrons. The average molecular weight is 165 g/mol. The van der Waals surface area contributed by atoms with Gasteiger partial charge in [0.1, 0.15) is 0 Å². The predicted octanol–water partition coefficient (Wildman–Crippen LogP) is 2.17. The zero-order valence-corrected chi connectivity index (χ0v) is 7.03. The third kappa shape index (κ3) is 1.15. The molecule has 0 amide bonds. The van der Waals surface area contributed by atoms with E-state index >= 15 is 0 Å². The van der Waals surface area contributed by atoms with E-state index in [2.05, 4.69) is 23.2 Å². The van der Waals surface area contributed by atoms with Crippen LogP contribution in [0.4, 0.5) is 0 Å². The van der Waals surface area contributed by atoms with Crippen molar-refractivity contribution in [2.24, 2.45) is 0 Å². The van der Waals surface area contributed by atoms with Gasteiger partial charge in [0, 0.05) is 33.4 Å². The van der Waals surface area contributed by atoms with Crippen LogP contribution in [0.25, 0.3) is 10.9 Å². The first-order valence-electron chi connectivity index (χ1n) is 2.99. The minimum Gasteiger partial charge on any atom is -0.361 e. The number of nitrogens with one attached hydrogen (secondary N) is 1. The van der Waals surface area contributed by atoms with Crippen LogP contribution in [0.3, 0.4) is 0 Å². The van der Waals surface area contributed by atoms with Crippen molar-refractivity contribution in [2.75, 3.05) is 0 Å². The summed E-state index contributed by atoms with van der Waals surface area (Å²) in [6.07, 6.45) is 1.95. The van der Waals surface area contributed by atoms with Crippen LogP contribution in [0.15, 0.2) is 36.5 Å². The molecule has 0 saturated heterocycles. The molecule has 1 nitrogen and oxygen atoms in total. The van der Waals surface area contributed by atoms with Gasteiger partial charge in [-0.25, -0.2) is 0 Å². The maximum Gasteiger partial charge on any atom is 0.0453 e. The Bertz CT molecular complexity index is 283. The first-order valence-corrected chi connectivity index (χ1v) is 2.99. The van der Waals surface area contributed by atoms with Crippen LogP contribution < -0.4 is 0 Å². The van der Waals surface area contributed by atoms with Gasteiger partial charge in [0.15, 0.2) is 0 Å². The zero-order chi connectivity index (χ0) is 6.10. The molecular weight excluding hydrogens is 158 g/mol. The molecule has 2 rings (SSSR count). The molecule has 1 N–H and O–H groups in total. The largest absolute Gasteiger partial charge is 0.361 e. The molecule has 0 aliphatic rings. The van der Waals surface area contributed by atoms with Gasteiger partial charge in [0.2, 0.25) is 0 Å². The number of aromatic amines is 1. The summed E-state index contributed by atoms with van der Waals surface area (Å²) in [5, 5.41) is 1.28. The van der Waals surface area contributed by atoms with Gasteiger partial charge in [0.05, 0.1) is 0 Å². The Morgan fingerprint density at radius 1 is 1.00 bits per heavy atom. The van der Waals surface area contributed by atoms with Crippen molar-refractivity contribution in [1.82, 2.24) is 4.98 Å². The molecule has 1 heterocycles. The summed E-state index contributed by atoms with van der Waals surface area (Å²) in [6.45, 7) is 0. The second kappa shape index (κ2) is 3.04. The second-order valence-corrected chi connectivity index (χ2v) is 2.06. The Balaban J connectivity index is 0.000000500. The Morgan fingerprint density at radius 2 is 1.80 bits per heavy atom. The molecule has 0 bridgehead atoms. The van der Waals surface area contributed by atoms with Crippen LogP contribution in [0, 0.1) is 0 Å². The van der Waals surface area contributed by atoms with Crippen molar-refractivity contribution in [2.45, 2.75) is 0 Å². The number of hydrogen-bond acceptors (Lipinski definition) is 0. The Kier molecular flexibility index (Phi) is 2.31. The van der Waals surface area contributed by atoms with E-state index in [1.807, 2.05) is 18.3 Å². The molecule has 0 radical (unpaired) electrons. The van der Waals surface area contributed by atoms with Crippen LogP contribution in [-0.2, 0) is 21.7 Å². The maximum absolute atomic E-state index is 3.12. The fourth-order valence-electron chi connectivity index (χ4n) is 0.995. The number of benzene rings is 1. The smallest absolute Gasteiger partial charge is 0.0453 e. The molecule has 0 spiro atoms. The van der Waals surface area contributed by atoms with E-state index in [1.54, 1.807) is 0 Å². The molecule has 0 aliphatic carbocycles. The molecule has 1 aromatic heterocycles.